The SMILES string of the molecule is Cc1ccc2cccc([O-])c2[nH+]1.Cc1ccc2cccc([O-])c2[nH+]1.Cc1ccc2cccc([O-])c2[nH+]1.Cc1ccc2cccc([O-])c2[nH+]1.O=[N+]([O-])[O-].O=[N+]([O-])[O-].O=[N+]([O-])[O-].O=[N+]([O-])[O-].O=[N+]([O-])[O-].O=[N+]([O-])[O-].[La+3].[La+3]. The number of para-hydroxylation sites is 4. The van der Waals surface area contributed by atoms with Crippen LogP contribution in [0.15, 0.2) is 121 Å². The zero-order valence-corrected chi connectivity index (χ0v) is 45.6. The molecule has 0 aliphatic rings. The van der Waals surface area contributed by atoms with Crippen molar-refractivity contribution in [3.63, 3.8) is 0 Å². The number of aromatic nitrogens is 4. The molecule has 0 atom stereocenters. The maximum Gasteiger partial charge on any atom is 3.00 e. The van der Waals surface area contributed by atoms with Gasteiger partial charge < -0.3 is 112 Å². The normalized spacial score (nSPS) is 8.70. The van der Waals surface area contributed by atoms with E-state index in [0.717, 1.165) is 44.3 Å². The number of pyridine rings is 4. The average molecular weight is 1290 g/mol. The van der Waals surface area contributed by atoms with Crippen LogP contribution < -0.4 is 40.4 Å². The molecule has 32 nitrogen and oxygen atoms in total. The van der Waals surface area contributed by atoms with Crippen molar-refractivity contribution in [3.8, 4) is 23.0 Å². The number of rotatable bonds is 0. The second-order valence-electron chi connectivity index (χ2n) is 12.8. The molecule has 0 amide bonds. The van der Waals surface area contributed by atoms with Crippen molar-refractivity contribution >= 4 is 43.6 Å². The van der Waals surface area contributed by atoms with Crippen LogP contribution in [-0.4, -0.2) is 30.5 Å². The standard InChI is InChI=1S/4C10H9NO.2La.6NO3/c4*1-7-5-6-8-3-2-4-9(12)10(8)11-7;;;6*2-1(3)4/h4*2-6,12H,1H3;;;;;;;;/q;;;;2*+3;6*-1. The molecule has 0 saturated carbocycles. The number of hydrogen-bond acceptors (Lipinski definition) is 22. The van der Waals surface area contributed by atoms with Gasteiger partial charge >= 0.3 is 71.2 Å². The molecule has 34 heteroatoms. The Morgan fingerprint density at radius 3 is 0.541 bits per heavy atom. The Hall–Kier alpha value is -8.69. The first-order valence-electron chi connectivity index (χ1n) is 18.7. The molecule has 4 N–H and O–H groups in total. The Morgan fingerprint density at radius 1 is 0.270 bits per heavy atom. The third kappa shape index (κ3) is 35.4. The van der Waals surface area contributed by atoms with Crippen LogP contribution in [0.5, 0.6) is 23.0 Å². The Balaban J connectivity index is -0.000000384. The van der Waals surface area contributed by atoms with E-state index < -0.39 is 30.5 Å². The summed E-state index contributed by atoms with van der Waals surface area (Å²) in [5.74, 6) is 0.208. The van der Waals surface area contributed by atoms with Crippen molar-refractivity contribution in [2.75, 3.05) is 0 Å². The van der Waals surface area contributed by atoms with Crippen molar-refractivity contribution in [1.29, 1.82) is 0 Å². The molecule has 0 bridgehead atoms. The molecule has 0 spiro atoms. The van der Waals surface area contributed by atoms with E-state index in [1.807, 2.05) is 100 Å². The molecule has 8 rings (SSSR count). The van der Waals surface area contributed by atoms with E-state index in [-0.39, 0.29) is 94.2 Å². The summed E-state index contributed by atoms with van der Waals surface area (Å²) in [5, 5.41) is 138. The minimum Gasteiger partial charge on any atom is -0.868 e. The zero-order valence-electron chi connectivity index (χ0n) is 38.4. The van der Waals surface area contributed by atoms with Crippen molar-refractivity contribution in [1.82, 2.24) is 0 Å². The second-order valence-corrected chi connectivity index (χ2v) is 12.8. The molecule has 0 unspecified atom stereocenters. The fraction of sp³-hybridized carbons (Fsp3) is 0.100. The summed E-state index contributed by atoms with van der Waals surface area (Å²) in [4.78, 5) is 61.7. The van der Waals surface area contributed by atoms with E-state index in [2.05, 4.69) is 19.9 Å². The molecule has 0 aliphatic heterocycles. The smallest absolute Gasteiger partial charge is 0.868 e. The van der Waals surface area contributed by atoms with Crippen molar-refractivity contribution in [3.05, 3.63) is 236 Å². The quantitative estimate of drug-likeness (QED) is 0.155. The topological polar surface area (TPSA) is 546 Å². The third-order valence-corrected chi connectivity index (χ3v) is 7.57. The average Bonchev–Trinajstić information content (AvgIpc) is 3.25. The van der Waals surface area contributed by atoms with Gasteiger partial charge in [-0.25, -0.2) is 19.9 Å². The van der Waals surface area contributed by atoms with Gasteiger partial charge in [0.25, 0.3) is 0 Å². The molecule has 74 heavy (non-hydrogen) atoms. The van der Waals surface area contributed by atoms with E-state index in [4.69, 9.17) is 91.9 Å². The number of fused-ring (bicyclic) bond motifs is 4. The van der Waals surface area contributed by atoms with Gasteiger partial charge in [0, 0.05) is 73.5 Å². The van der Waals surface area contributed by atoms with Gasteiger partial charge in [0.15, 0.2) is 22.8 Å². The summed E-state index contributed by atoms with van der Waals surface area (Å²) in [6, 6.07) is 36.7. The molecule has 0 radical (unpaired) electrons. The predicted octanol–water partition coefficient (Wildman–Crippen LogP) is 2.71. The van der Waals surface area contributed by atoms with Crippen molar-refractivity contribution in [2.45, 2.75) is 27.7 Å². The van der Waals surface area contributed by atoms with Crippen LogP contribution in [0.2, 0.25) is 0 Å². The molecule has 4 aromatic carbocycles. The van der Waals surface area contributed by atoms with Crippen LogP contribution in [-0.2, 0) is 0 Å². The Bertz CT molecular complexity index is 2600. The third-order valence-electron chi connectivity index (χ3n) is 7.57. The number of benzene rings is 4. The van der Waals surface area contributed by atoms with E-state index in [9.17, 15) is 20.4 Å². The van der Waals surface area contributed by atoms with Gasteiger partial charge in [-0.3, -0.25) is 0 Å². The van der Waals surface area contributed by atoms with E-state index in [1.165, 1.54) is 0 Å². The molecule has 384 valence electrons. The molecular weight excluding hydrogens is 1250 g/mol. The van der Waals surface area contributed by atoms with Crippen molar-refractivity contribution in [2.24, 2.45) is 0 Å². The van der Waals surface area contributed by atoms with Crippen LogP contribution >= 0.6 is 0 Å². The van der Waals surface area contributed by atoms with Crippen molar-refractivity contribution < 1.29 is 142 Å². The van der Waals surface area contributed by atoms with Gasteiger partial charge in [-0.05, 0) is 71.5 Å². The van der Waals surface area contributed by atoms with E-state index in [1.54, 1.807) is 48.5 Å². The van der Waals surface area contributed by atoms with E-state index in [0.29, 0.717) is 22.1 Å². The number of hydrogen-bond donors (Lipinski definition) is 0. The molecule has 0 saturated heterocycles. The van der Waals surface area contributed by atoms with Gasteiger partial charge in [-0.15, -0.1) is 0 Å². The Kier molecular flexibility index (Phi) is 37.9. The predicted molar refractivity (Wildman–Crippen MR) is 241 cm³/mol. The minimum atomic E-state index is -1.75. The first kappa shape index (κ1) is 71.9. The Labute approximate surface area is 469 Å². The summed E-state index contributed by atoms with van der Waals surface area (Å²) in [5.41, 5.74) is 6.79. The monoisotopic (exact) mass is 1290 g/mol. The number of nitrogens with zero attached hydrogens (tertiary/aromatic N) is 6. The molecular formula is C40H36La2N10O22. The van der Waals surface area contributed by atoms with Crippen LogP contribution in [0.1, 0.15) is 22.8 Å². The maximum atomic E-state index is 11.3. The van der Waals surface area contributed by atoms with Crippen LogP contribution in [0, 0.1) is 191 Å². The molecule has 0 fully saturated rings. The Morgan fingerprint density at radius 2 is 0.405 bits per heavy atom. The molecule has 4 aromatic heterocycles. The summed E-state index contributed by atoms with van der Waals surface area (Å²) in [6.45, 7) is 7.75. The van der Waals surface area contributed by atoms with Crippen LogP contribution in [0.3, 0.4) is 0 Å². The van der Waals surface area contributed by atoms with Gasteiger partial charge in [0.1, 0.15) is 0 Å². The summed E-state index contributed by atoms with van der Waals surface area (Å²) < 4.78 is 0. The van der Waals surface area contributed by atoms with Crippen LogP contribution in [0.4, 0.5) is 0 Å². The number of nitrogens with one attached hydrogen (secondary N) is 4. The summed E-state index contributed by atoms with van der Waals surface area (Å²) in [7, 11) is 0. The maximum absolute atomic E-state index is 11.3. The number of H-pyrrole nitrogens is 4. The first-order chi connectivity index (χ1) is 33.5. The molecule has 0 aliphatic carbocycles. The summed E-state index contributed by atoms with van der Waals surface area (Å²) >= 11 is 0. The van der Waals surface area contributed by atoms with Gasteiger partial charge in [0.2, 0.25) is 22.1 Å². The fourth-order valence-electron chi connectivity index (χ4n) is 5.10. The van der Waals surface area contributed by atoms with Gasteiger partial charge in [-0.1, -0.05) is 48.5 Å². The minimum absolute atomic E-state index is 0. The van der Waals surface area contributed by atoms with Crippen LogP contribution in [0.25, 0.3) is 43.6 Å². The van der Waals surface area contributed by atoms with Gasteiger partial charge in [-0.2, -0.15) is 0 Å². The second kappa shape index (κ2) is 39.0. The number of aryl methyl sites for hydroxylation is 4. The molecule has 8 aromatic rings. The zero-order chi connectivity index (χ0) is 55.7. The van der Waals surface area contributed by atoms with Gasteiger partial charge in [0.05, 0.1) is 30.5 Å². The number of aromatic amines is 4. The van der Waals surface area contributed by atoms with E-state index >= 15 is 0 Å². The summed E-state index contributed by atoms with van der Waals surface area (Å²) in [6.07, 6.45) is 0. The largest absolute Gasteiger partial charge is 3.00 e. The first-order valence-corrected chi connectivity index (χ1v) is 18.7. The fourth-order valence-corrected chi connectivity index (χ4v) is 5.10. The molecule has 4 heterocycles.